The SMILES string of the molecule is COc1cccc(NC(=O)CNc2cccc(C(=O)N3CCCC3)c2)c1. The number of carbonyl (C=O) groups excluding carboxylic acids is 2. The van der Waals surface area contributed by atoms with Crippen molar-refractivity contribution in [3.8, 4) is 5.75 Å². The maximum Gasteiger partial charge on any atom is 0.253 e. The molecule has 6 nitrogen and oxygen atoms in total. The van der Waals surface area contributed by atoms with Crippen LogP contribution in [0.3, 0.4) is 0 Å². The molecule has 0 saturated carbocycles. The molecule has 2 amide bonds. The van der Waals surface area contributed by atoms with E-state index in [9.17, 15) is 9.59 Å². The minimum absolute atomic E-state index is 0.0481. The smallest absolute Gasteiger partial charge is 0.253 e. The topological polar surface area (TPSA) is 70.7 Å². The molecule has 1 aliphatic rings. The fourth-order valence-corrected chi connectivity index (χ4v) is 2.95. The van der Waals surface area contributed by atoms with Crippen molar-refractivity contribution in [2.45, 2.75) is 12.8 Å². The van der Waals surface area contributed by atoms with Gasteiger partial charge in [0.15, 0.2) is 0 Å². The first-order valence-electron chi connectivity index (χ1n) is 8.73. The van der Waals surface area contributed by atoms with Crippen LogP contribution in [0, 0.1) is 0 Å². The number of amides is 2. The van der Waals surface area contributed by atoms with Crippen molar-refractivity contribution in [2.75, 3.05) is 37.4 Å². The number of rotatable bonds is 6. The molecule has 0 aliphatic carbocycles. The van der Waals surface area contributed by atoms with Crippen molar-refractivity contribution >= 4 is 23.2 Å². The minimum Gasteiger partial charge on any atom is -0.497 e. The third-order valence-corrected chi connectivity index (χ3v) is 4.31. The molecule has 0 spiro atoms. The van der Waals surface area contributed by atoms with E-state index in [2.05, 4.69) is 10.6 Å². The average molecular weight is 353 g/mol. The summed E-state index contributed by atoms with van der Waals surface area (Å²) in [5, 5.41) is 5.88. The third-order valence-electron chi connectivity index (χ3n) is 4.31. The fraction of sp³-hybridized carbons (Fsp3) is 0.300. The molecule has 0 unspecified atom stereocenters. The Morgan fingerprint density at radius 1 is 1.04 bits per heavy atom. The highest BCUT2D eigenvalue weighted by atomic mass is 16.5. The molecule has 3 rings (SSSR count). The van der Waals surface area contributed by atoms with Gasteiger partial charge in [0.1, 0.15) is 5.75 Å². The molecule has 2 N–H and O–H groups in total. The molecular weight excluding hydrogens is 330 g/mol. The standard InChI is InChI=1S/C20H23N3O3/c1-26-18-9-5-8-17(13-18)22-19(24)14-21-16-7-4-6-15(12-16)20(25)23-10-2-3-11-23/h4-9,12-13,21H,2-3,10-11,14H2,1H3,(H,22,24). The molecule has 136 valence electrons. The van der Waals surface area contributed by atoms with E-state index in [-0.39, 0.29) is 18.4 Å². The van der Waals surface area contributed by atoms with Gasteiger partial charge in [0.2, 0.25) is 5.91 Å². The molecule has 1 saturated heterocycles. The first kappa shape index (κ1) is 17.8. The lowest BCUT2D eigenvalue weighted by atomic mass is 10.1. The number of benzene rings is 2. The summed E-state index contributed by atoms with van der Waals surface area (Å²) in [5.41, 5.74) is 2.06. The summed E-state index contributed by atoms with van der Waals surface area (Å²) in [4.78, 5) is 26.4. The number of carbonyl (C=O) groups is 2. The van der Waals surface area contributed by atoms with E-state index in [1.165, 1.54) is 0 Å². The zero-order valence-electron chi connectivity index (χ0n) is 14.8. The van der Waals surface area contributed by atoms with E-state index in [1.54, 1.807) is 25.3 Å². The quantitative estimate of drug-likeness (QED) is 0.838. The van der Waals surface area contributed by atoms with Crippen molar-refractivity contribution in [1.82, 2.24) is 4.90 Å². The first-order chi connectivity index (χ1) is 12.7. The van der Waals surface area contributed by atoms with Gasteiger partial charge in [0, 0.05) is 36.1 Å². The molecule has 0 radical (unpaired) electrons. The van der Waals surface area contributed by atoms with Crippen LogP contribution in [0.15, 0.2) is 48.5 Å². The van der Waals surface area contributed by atoms with Crippen LogP contribution >= 0.6 is 0 Å². The number of nitrogens with zero attached hydrogens (tertiary/aromatic N) is 1. The van der Waals surface area contributed by atoms with Crippen LogP contribution in [-0.4, -0.2) is 43.5 Å². The lowest BCUT2D eigenvalue weighted by Gasteiger charge is -2.16. The maximum absolute atomic E-state index is 12.4. The van der Waals surface area contributed by atoms with Crippen LogP contribution in [0.25, 0.3) is 0 Å². The second kappa shape index (κ2) is 8.38. The Labute approximate surface area is 153 Å². The number of methoxy groups -OCH3 is 1. The van der Waals surface area contributed by atoms with Gasteiger partial charge in [-0.1, -0.05) is 12.1 Å². The number of nitrogens with one attached hydrogen (secondary N) is 2. The molecule has 1 aliphatic heterocycles. The molecule has 1 fully saturated rings. The number of likely N-dealkylation sites (tertiary alicyclic amines) is 1. The van der Waals surface area contributed by atoms with Crippen molar-refractivity contribution in [2.24, 2.45) is 0 Å². The van der Waals surface area contributed by atoms with Crippen LogP contribution in [0.5, 0.6) is 5.75 Å². The monoisotopic (exact) mass is 353 g/mol. The van der Waals surface area contributed by atoms with Crippen molar-refractivity contribution in [3.63, 3.8) is 0 Å². The molecule has 1 heterocycles. The highest BCUT2D eigenvalue weighted by Crippen LogP contribution is 2.18. The van der Waals surface area contributed by atoms with Crippen LogP contribution < -0.4 is 15.4 Å². The Hall–Kier alpha value is -3.02. The van der Waals surface area contributed by atoms with Gasteiger partial charge in [-0.2, -0.15) is 0 Å². The van der Waals surface area contributed by atoms with Gasteiger partial charge in [-0.15, -0.1) is 0 Å². The summed E-state index contributed by atoms with van der Waals surface area (Å²) >= 11 is 0. The Bertz CT molecular complexity index is 785. The lowest BCUT2D eigenvalue weighted by Crippen LogP contribution is -2.27. The summed E-state index contributed by atoms with van der Waals surface area (Å²) in [6.45, 7) is 1.75. The summed E-state index contributed by atoms with van der Waals surface area (Å²) < 4.78 is 5.14. The Morgan fingerprint density at radius 3 is 2.54 bits per heavy atom. The number of hydrogen-bond donors (Lipinski definition) is 2. The van der Waals surface area contributed by atoms with Gasteiger partial charge in [-0.25, -0.2) is 0 Å². The zero-order chi connectivity index (χ0) is 18.4. The predicted molar refractivity (Wildman–Crippen MR) is 102 cm³/mol. The van der Waals surface area contributed by atoms with E-state index in [1.807, 2.05) is 35.2 Å². The van der Waals surface area contributed by atoms with Gasteiger partial charge >= 0.3 is 0 Å². The molecule has 0 bridgehead atoms. The Morgan fingerprint density at radius 2 is 1.77 bits per heavy atom. The van der Waals surface area contributed by atoms with Gasteiger partial charge in [0.25, 0.3) is 5.91 Å². The van der Waals surface area contributed by atoms with Gasteiger partial charge in [0.05, 0.1) is 13.7 Å². The molecule has 2 aromatic carbocycles. The lowest BCUT2D eigenvalue weighted by molar-refractivity contribution is -0.114. The summed E-state index contributed by atoms with van der Waals surface area (Å²) in [6.07, 6.45) is 2.13. The highest BCUT2D eigenvalue weighted by Gasteiger charge is 2.19. The van der Waals surface area contributed by atoms with Gasteiger partial charge < -0.3 is 20.3 Å². The molecule has 6 heteroatoms. The maximum atomic E-state index is 12.4. The molecule has 0 atom stereocenters. The number of anilines is 2. The minimum atomic E-state index is -0.172. The predicted octanol–water partition coefficient (Wildman–Crippen LogP) is 2.98. The summed E-state index contributed by atoms with van der Waals surface area (Å²) in [6, 6.07) is 14.5. The number of ether oxygens (including phenoxy) is 1. The van der Waals surface area contributed by atoms with Crippen molar-refractivity contribution in [1.29, 1.82) is 0 Å². The van der Waals surface area contributed by atoms with E-state index in [4.69, 9.17) is 4.74 Å². The number of hydrogen-bond acceptors (Lipinski definition) is 4. The average Bonchev–Trinajstić information content (AvgIpc) is 3.21. The van der Waals surface area contributed by atoms with E-state index >= 15 is 0 Å². The Kier molecular flexibility index (Phi) is 5.73. The Balaban J connectivity index is 1.56. The first-order valence-corrected chi connectivity index (χ1v) is 8.73. The third kappa shape index (κ3) is 4.53. The van der Waals surface area contributed by atoms with Gasteiger partial charge in [-0.3, -0.25) is 9.59 Å². The normalized spacial score (nSPS) is 13.3. The van der Waals surface area contributed by atoms with Crippen LogP contribution in [0.4, 0.5) is 11.4 Å². The largest absolute Gasteiger partial charge is 0.497 e. The zero-order valence-corrected chi connectivity index (χ0v) is 14.8. The fourth-order valence-electron chi connectivity index (χ4n) is 2.95. The van der Waals surface area contributed by atoms with E-state index < -0.39 is 0 Å². The second-order valence-corrected chi connectivity index (χ2v) is 6.21. The van der Waals surface area contributed by atoms with Gasteiger partial charge in [-0.05, 0) is 43.2 Å². The van der Waals surface area contributed by atoms with Crippen LogP contribution in [0.1, 0.15) is 23.2 Å². The van der Waals surface area contributed by atoms with Crippen LogP contribution in [0.2, 0.25) is 0 Å². The highest BCUT2D eigenvalue weighted by molar-refractivity contribution is 5.96. The summed E-state index contributed by atoms with van der Waals surface area (Å²) in [7, 11) is 1.58. The second-order valence-electron chi connectivity index (χ2n) is 6.21. The summed E-state index contributed by atoms with van der Waals surface area (Å²) in [5.74, 6) is 0.561. The van der Waals surface area contributed by atoms with Crippen molar-refractivity contribution < 1.29 is 14.3 Å². The van der Waals surface area contributed by atoms with E-state index in [0.29, 0.717) is 17.0 Å². The molecule has 0 aromatic heterocycles. The molecular formula is C20H23N3O3. The molecule has 26 heavy (non-hydrogen) atoms. The van der Waals surface area contributed by atoms with E-state index in [0.717, 1.165) is 31.6 Å². The molecule has 2 aromatic rings. The van der Waals surface area contributed by atoms with Crippen LogP contribution in [-0.2, 0) is 4.79 Å². The van der Waals surface area contributed by atoms with Crippen molar-refractivity contribution in [3.05, 3.63) is 54.1 Å².